The second-order valence-corrected chi connectivity index (χ2v) is 10.4. The fourth-order valence-corrected chi connectivity index (χ4v) is 4.06. The summed E-state index contributed by atoms with van der Waals surface area (Å²) in [5, 5.41) is 28.3. The average molecular weight is 615 g/mol. The molecule has 236 valence electrons. The van der Waals surface area contributed by atoms with E-state index in [1.807, 2.05) is 0 Å². The first-order chi connectivity index (χ1) is 19.8. The summed E-state index contributed by atoms with van der Waals surface area (Å²) in [5.74, 6) is -6.14. The number of nitrogens with one attached hydrogen (secondary N) is 5. The number of carbonyl (C=O) groups excluding carboxylic acids is 4. The summed E-state index contributed by atoms with van der Waals surface area (Å²) in [5.41, 5.74) is 12.1. The van der Waals surface area contributed by atoms with Crippen molar-refractivity contribution >= 4 is 48.2 Å². The lowest BCUT2D eigenvalue weighted by molar-refractivity contribution is -0.142. The summed E-state index contributed by atoms with van der Waals surface area (Å²) in [7, 11) is 0. The molecule has 0 fully saturated rings. The third kappa shape index (κ3) is 12.9. The quantitative estimate of drug-likeness (QED) is 0.0560. The number of carbonyl (C=O) groups is 6. The molecule has 17 heteroatoms. The van der Waals surface area contributed by atoms with Crippen molar-refractivity contribution in [1.82, 2.24) is 31.2 Å². The van der Waals surface area contributed by atoms with Gasteiger partial charge in [0.25, 0.3) is 0 Å². The standard InChI is InChI=1S/C25H42N8O8S/c1-13(2)20(24(39)32-18(11-42)25(40)41)33-23(38)16(5-3-4-8-26)31-22(37)17(6-7-19(34)35)30-21(36)15(27)9-14-10-28-12-29-14/h10,12-13,15-18,20,42H,3-9,11,26-27H2,1-2H3,(H,28,29)(H,30,36)(H,31,37)(H,32,39)(H,33,38)(H,34,35)(H,40,41)/t15-,16-,17-,18-,20-/m0/s1. The van der Waals surface area contributed by atoms with E-state index in [4.69, 9.17) is 16.6 Å². The molecular weight excluding hydrogens is 572 g/mol. The van der Waals surface area contributed by atoms with Gasteiger partial charge in [-0.2, -0.15) is 12.6 Å². The zero-order chi connectivity index (χ0) is 31.8. The van der Waals surface area contributed by atoms with E-state index in [2.05, 4.69) is 43.9 Å². The van der Waals surface area contributed by atoms with E-state index >= 15 is 0 Å². The third-order valence-electron chi connectivity index (χ3n) is 6.24. The van der Waals surface area contributed by atoms with E-state index in [-0.39, 0.29) is 25.0 Å². The van der Waals surface area contributed by atoms with Crippen LogP contribution in [-0.4, -0.2) is 98.3 Å². The molecular formula is C25H42N8O8S. The van der Waals surface area contributed by atoms with Gasteiger partial charge in [-0.05, 0) is 38.1 Å². The molecule has 0 aliphatic rings. The van der Waals surface area contributed by atoms with Gasteiger partial charge in [0.05, 0.1) is 12.4 Å². The van der Waals surface area contributed by atoms with Gasteiger partial charge in [0.1, 0.15) is 24.2 Å². The van der Waals surface area contributed by atoms with Crippen molar-refractivity contribution in [2.24, 2.45) is 17.4 Å². The molecule has 0 saturated heterocycles. The maximum atomic E-state index is 13.3. The molecule has 1 rings (SSSR count). The van der Waals surface area contributed by atoms with Crippen LogP contribution in [0.25, 0.3) is 0 Å². The minimum Gasteiger partial charge on any atom is -0.481 e. The number of aromatic amines is 1. The fraction of sp³-hybridized carbons (Fsp3) is 0.640. The minimum atomic E-state index is -1.33. The Morgan fingerprint density at radius 3 is 2.02 bits per heavy atom. The Bertz CT molecular complexity index is 1060. The van der Waals surface area contributed by atoms with Crippen LogP contribution in [0.4, 0.5) is 0 Å². The lowest BCUT2D eigenvalue weighted by Gasteiger charge is -2.27. The fourth-order valence-electron chi connectivity index (χ4n) is 3.81. The van der Waals surface area contributed by atoms with E-state index in [1.165, 1.54) is 12.5 Å². The molecule has 0 aromatic carbocycles. The topological polar surface area (TPSA) is 272 Å². The molecule has 4 amide bonds. The largest absolute Gasteiger partial charge is 0.481 e. The van der Waals surface area contributed by atoms with Crippen LogP contribution in [0.3, 0.4) is 0 Å². The van der Waals surface area contributed by atoms with Gasteiger partial charge >= 0.3 is 11.9 Å². The monoisotopic (exact) mass is 614 g/mol. The predicted molar refractivity (Wildman–Crippen MR) is 154 cm³/mol. The van der Waals surface area contributed by atoms with Gasteiger partial charge in [0, 0.05) is 30.5 Å². The Labute approximate surface area is 248 Å². The van der Waals surface area contributed by atoms with Crippen LogP contribution in [0.15, 0.2) is 12.5 Å². The molecule has 0 aliphatic carbocycles. The van der Waals surface area contributed by atoms with E-state index in [1.54, 1.807) is 13.8 Å². The first-order valence-electron chi connectivity index (χ1n) is 13.5. The van der Waals surface area contributed by atoms with Crippen molar-refractivity contribution in [3.63, 3.8) is 0 Å². The molecule has 1 aromatic rings. The first-order valence-corrected chi connectivity index (χ1v) is 14.1. The van der Waals surface area contributed by atoms with Gasteiger partial charge in [-0.3, -0.25) is 24.0 Å². The smallest absolute Gasteiger partial charge is 0.327 e. The Hall–Kier alpha value is -3.70. The average Bonchev–Trinajstić information content (AvgIpc) is 3.44. The van der Waals surface area contributed by atoms with Crippen LogP contribution < -0.4 is 32.7 Å². The first kappa shape index (κ1) is 36.3. The Morgan fingerprint density at radius 1 is 0.905 bits per heavy atom. The maximum Gasteiger partial charge on any atom is 0.327 e. The number of H-pyrrole nitrogens is 1. The van der Waals surface area contributed by atoms with Gasteiger partial charge in [0.15, 0.2) is 0 Å². The third-order valence-corrected chi connectivity index (χ3v) is 6.60. The SMILES string of the molecule is CC(C)[C@H](NC(=O)[C@H](CCCCN)NC(=O)[C@H](CCC(=O)O)NC(=O)[C@@H](N)Cc1cnc[nH]1)C(=O)N[C@@H](CS)C(=O)O. The second-order valence-electron chi connectivity index (χ2n) is 10.0. The van der Waals surface area contributed by atoms with Crippen molar-refractivity contribution in [3.8, 4) is 0 Å². The number of aromatic nitrogens is 2. The van der Waals surface area contributed by atoms with Crippen molar-refractivity contribution in [1.29, 1.82) is 0 Å². The molecule has 1 heterocycles. The molecule has 16 nitrogen and oxygen atoms in total. The van der Waals surface area contributed by atoms with Gasteiger partial charge in [0.2, 0.25) is 23.6 Å². The highest BCUT2D eigenvalue weighted by atomic mass is 32.1. The molecule has 0 spiro atoms. The highest BCUT2D eigenvalue weighted by molar-refractivity contribution is 7.80. The van der Waals surface area contributed by atoms with E-state index in [0.717, 1.165) is 0 Å². The van der Waals surface area contributed by atoms with Crippen molar-refractivity contribution in [2.45, 2.75) is 82.6 Å². The molecule has 11 N–H and O–H groups in total. The number of hydrogen-bond donors (Lipinski definition) is 10. The van der Waals surface area contributed by atoms with Crippen molar-refractivity contribution in [2.75, 3.05) is 12.3 Å². The summed E-state index contributed by atoms with van der Waals surface area (Å²) in [6, 6.07) is -6.01. The number of carboxylic acid groups (broad SMARTS) is 2. The van der Waals surface area contributed by atoms with Crippen molar-refractivity contribution < 1.29 is 39.0 Å². The number of thiol groups is 1. The summed E-state index contributed by atoms with van der Waals surface area (Å²) in [6.45, 7) is 3.62. The van der Waals surface area contributed by atoms with Crippen LogP contribution in [0.2, 0.25) is 0 Å². The van der Waals surface area contributed by atoms with E-state index in [0.29, 0.717) is 25.1 Å². The number of nitrogens with zero attached hydrogens (tertiary/aromatic N) is 1. The molecule has 42 heavy (non-hydrogen) atoms. The Kier molecular flexibility index (Phi) is 16.2. The normalized spacial score (nSPS) is 14.6. The molecule has 1 aromatic heterocycles. The second kappa shape index (κ2) is 18.7. The van der Waals surface area contributed by atoms with Gasteiger partial charge in [-0.25, -0.2) is 9.78 Å². The molecule has 5 atom stereocenters. The molecule has 0 unspecified atom stereocenters. The lowest BCUT2D eigenvalue weighted by atomic mass is 10.0. The number of carboxylic acids is 2. The number of aliphatic carboxylic acids is 2. The minimum absolute atomic E-state index is 0.0812. The van der Waals surface area contributed by atoms with Crippen LogP contribution in [0.1, 0.15) is 51.6 Å². The number of nitrogens with two attached hydrogens (primary N) is 2. The number of amides is 4. The summed E-state index contributed by atoms with van der Waals surface area (Å²) in [4.78, 5) is 81.3. The summed E-state index contributed by atoms with van der Waals surface area (Å²) < 4.78 is 0. The van der Waals surface area contributed by atoms with Crippen LogP contribution in [0.5, 0.6) is 0 Å². The predicted octanol–water partition coefficient (Wildman–Crippen LogP) is -2.12. The highest BCUT2D eigenvalue weighted by Crippen LogP contribution is 2.09. The van der Waals surface area contributed by atoms with Gasteiger partial charge < -0.3 is 47.9 Å². The van der Waals surface area contributed by atoms with Crippen LogP contribution in [0, 0.1) is 5.92 Å². The number of rotatable bonds is 20. The number of imidazole rings is 1. The number of unbranched alkanes of at least 4 members (excludes halogenated alkanes) is 1. The van der Waals surface area contributed by atoms with E-state index in [9.17, 15) is 33.9 Å². The zero-order valence-corrected chi connectivity index (χ0v) is 24.6. The number of hydrogen-bond acceptors (Lipinski definition) is 10. The molecule has 0 radical (unpaired) electrons. The molecule has 0 bridgehead atoms. The summed E-state index contributed by atoms with van der Waals surface area (Å²) in [6.07, 6.45) is 3.32. The lowest BCUT2D eigenvalue weighted by Crippen LogP contribution is -2.59. The summed E-state index contributed by atoms with van der Waals surface area (Å²) >= 11 is 3.92. The van der Waals surface area contributed by atoms with Crippen LogP contribution in [-0.2, 0) is 35.2 Å². The van der Waals surface area contributed by atoms with Crippen molar-refractivity contribution in [3.05, 3.63) is 18.2 Å². The highest BCUT2D eigenvalue weighted by Gasteiger charge is 2.32. The maximum absolute atomic E-state index is 13.3. The van der Waals surface area contributed by atoms with Crippen LogP contribution >= 0.6 is 12.6 Å². The zero-order valence-electron chi connectivity index (χ0n) is 23.7. The Morgan fingerprint density at radius 2 is 1.50 bits per heavy atom. The Balaban J connectivity index is 3.08. The van der Waals surface area contributed by atoms with Gasteiger partial charge in [-0.1, -0.05) is 13.8 Å². The molecule has 0 aliphatic heterocycles. The molecule has 0 saturated carbocycles. The van der Waals surface area contributed by atoms with E-state index < -0.39 is 78.1 Å². The van der Waals surface area contributed by atoms with Gasteiger partial charge in [-0.15, -0.1) is 0 Å².